The average molecular weight is 138 g/mol. The van der Waals surface area contributed by atoms with Crippen molar-refractivity contribution in [2.24, 2.45) is 0 Å². The first-order valence-electron chi connectivity index (χ1n) is 2.12. The van der Waals surface area contributed by atoms with Crippen LogP contribution in [0.4, 0.5) is 0 Å². The van der Waals surface area contributed by atoms with Gasteiger partial charge in [-0.25, -0.2) is 0 Å². The summed E-state index contributed by atoms with van der Waals surface area (Å²) in [5.74, 6) is 1.52. The molecule has 0 fully saturated rings. The molecule has 0 spiro atoms. The molecule has 9 heavy (non-hydrogen) atoms. The smallest absolute Gasteiger partial charge is 0.256 e. The zero-order chi connectivity index (χ0) is 6.69. The van der Waals surface area contributed by atoms with Crippen LogP contribution in [0.25, 0.3) is 0 Å². The van der Waals surface area contributed by atoms with E-state index in [0.29, 0.717) is 0 Å². The maximum Gasteiger partial charge on any atom is 0.256 e. The topological polar surface area (TPSA) is 42.9 Å². The Morgan fingerprint density at radius 3 is 3.11 bits per heavy atom. The second-order valence-corrected chi connectivity index (χ2v) is 1.87. The van der Waals surface area contributed by atoms with Gasteiger partial charge in [0, 0.05) is 5.38 Å². The number of aromatic nitrogens is 2. The Labute approximate surface area is 55.9 Å². The van der Waals surface area contributed by atoms with Crippen molar-refractivity contribution in [3.63, 3.8) is 0 Å². The first-order chi connectivity index (χ1) is 4.34. The molecule has 0 aliphatic heterocycles. The molecule has 0 aromatic carbocycles. The van der Waals surface area contributed by atoms with Gasteiger partial charge in [-0.15, -0.1) is 11.5 Å². The van der Waals surface area contributed by atoms with Gasteiger partial charge >= 0.3 is 0 Å². The molecule has 1 aromatic heterocycles. The van der Waals surface area contributed by atoms with Crippen LogP contribution >= 0.6 is 11.5 Å². The molecule has 0 bridgehead atoms. The van der Waals surface area contributed by atoms with Crippen molar-refractivity contribution in [2.45, 2.75) is 0 Å². The quantitative estimate of drug-likeness (QED) is 0.319. The van der Waals surface area contributed by atoms with Gasteiger partial charge < -0.3 is 0 Å². The third kappa shape index (κ3) is 1.12. The van der Waals surface area contributed by atoms with Crippen molar-refractivity contribution in [1.29, 1.82) is 0 Å². The number of nitrogens with zero attached hydrogens (tertiary/aromatic N) is 2. The molecule has 0 N–H and O–H groups in total. The highest BCUT2D eigenvalue weighted by Crippen LogP contribution is 1.96. The lowest BCUT2D eigenvalue weighted by Gasteiger charge is -1.75. The van der Waals surface area contributed by atoms with E-state index in [0.717, 1.165) is 11.5 Å². The largest absolute Gasteiger partial charge is 0.277 e. The Hall–Kier alpha value is -1.21. The second kappa shape index (κ2) is 2.37. The van der Waals surface area contributed by atoms with Gasteiger partial charge in [-0.1, -0.05) is 4.49 Å². The van der Waals surface area contributed by atoms with E-state index >= 15 is 0 Å². The molecule has 0 saturated heterocycles. The van der Waals surface area contributed by atoms with Crippen LogP contribution in [-0.2, 0) is 0 Å². The Morgan fingerprint density at radius 2 is 2.67 bits per heavy atom. The number of Topliss-reactive ketones (excluding diaryl/α,β-unsaturated/α-hetero) is 1. The first-order valence-corrected chi connectivity index (χ1v) is 2.96. The van der Waals surface area contributed by atoms with E-state index in [-0.39, 0.29) is 5.69 Å². The zero-order valence-corrected chi connectivity index (χ0v) is 5.18. The minimum Gasteiger partial charge on any atom is -0.277 e. The summed E-state index contributed by atoms with van der Waals surface area (Å²) in [6.45, 7) is 0. The molecule has 3 nitrogen and oxygen atoms in total. The van der Waals surface area contributed by atoms with Gasteiger partial charge in [0.15, 0.2) is 5.69 Å². The number of carbonyl (C=O) groups is 1. The fourth-order valence-electron chi connectivity index (χ4n) is 0.337. The zero-order valence-electron chi connectivity index (χ0n) is 4.37. The van der Waals surface area contributed by atoms with Crippen LogP contribution in [0.5, 0.6) is 0 Å². The predicted octanol–water partition coefficient (Wildman–Crippen LogP) is 0.354. The van der Waals surface area contributed by atoms with Crippen molar-refractivity contribution in [3.8, 4) is 12.3 Å². The molecule has 0 atom stereocenters. The van der Waals surface area contributed by atoms with E-state index in [1.165, 1.54) is 5.38 Å². The number of hydrogen-bond donors (Lipinski definition) is 0. The molecule has 0 amide bonds. The van der Waals surface area contributed by atoms with Gasteiger partial charge in [-0.3, -0.25) is 4.79 Å². The van der Waals surface area contributed by atoms with Gasteiger partial charge in [0.2, 0.25) is 0 Å². The Kier molecular flexibility index (Phi) is 1.56. The molecule has 1 heterocycles. The van der Waals surface area contributed by atoms with Crippen molar-refractivity contribution < 1.29 is 4.79 Å². The average Bonchev–Trinajstić information content (AvgIpc) is 2.37. The summed E-state index contributed by atoms with van der Waals surface area (Å²) in [4.78, 5) is 10.5. The molecule has 0 aliphatic carbocycles. The van der Waals surface area contributed by atoms with Crippen molar-refractivity contribution >= 4 is 17.3 Å². The minimum absolute atomic E-state index is 0.252. The van der Waals surface area contributed by atoms with Gasteiger partial charge in [0.1, 0.15) is 0 Å². The fraction of sp³-hybridized carbons (Fsp3) is 0. The number of hydrogen-bond acceptors (Lipinski definition) is 4. The third-order valence-electron chi connectivity index (χ3n) is 0.724. The monoisotopic (exact) mass is 138 g/mol. The lowest BCUT2D eigenvalue weighted by molar-refractivity contribution is 0.105. The third-order valence-corrected chi connectivity index (χ3v) is 1.23. The molecule has 4 heteroatoms. The highest BCUT2D eigenvalue weighted by Gasteiger charge is 2.02. The molecule has 0 unspecified atom stereocenters. The highest BCUT2D eigenvalue weighted by atomic mass is 32.1. The summed E-state index contributed by atoms with van der Waals surface area (Å²) in [5.41, 5.74) is 0.252. The summed E-state index contributed by atoms with van der Waals surface area (Å²) in [5, 5.41) is 4.98. The van der Waals surface area contributed by atoms with Gasteiger partial charge in [-0.2, -0.15) is 0 Å². The molecular formula is C5H2N2OS. The van der Waals surface area contributed by atoms with Crippen molar-refractivity contribution in [3.05, 3.63) is 11.1 Å². The van der Waals surface area contributed by atoms with E-state index in [9.17, 15) is 4.79 Å². The van der Waals surface area contributed by atoms with E-state index < -0.39 is 5.78 Å². The van der Waals surface area contributed by atoms with Crippen LogP contribution in [0.15, 0.2) is 5.38 Å². The Morgan fingerprint density at radius 1 is 1.89 bits per heavy atom. The molecule has 1 aromatic rings. The van der Waals surface area contributed by atoms with Crippen molar-refractivity contribution in [1.82, 2.24) is 9.59 Å². The second-order valence-electron chi connectivity index (χ2n) is 1.26. The molecule has 0 aliphatic rings. The minimum atomic E-state index is -0.413. The lowest BCUT2D eigenvalue weighted by atomic mass is 10.3. The van der Waals surface area contributed by atoms with Crippen LogP contribution < -0.4 is 0 Å². The Bertz CT molecular complexity index is 246. The summed E-state index contributed by atoms with van der Waals surface area (Å²) in [6, 6.07) is 0. The number of rotatable bonds is 1. The maximum absolute atomic E-state index is 10.5. The van der Waals surface area contributed by atoms with Crippen LogP contribution in [0, 0.1) is 12.3 Å². The lowest BCUT2D eigenvalue weighted by Crippen LogP contribution is -1.93. The summed E-state index contributed by atoms with van der Waals surface area (Å²) >= 11 is 1.11. The molecule has 1 rings (SSSR count). The fourth-order valence-corrected chi connectivity index (χ4v) is 0.774. The summed E-state index contributed by atoms with van der Waals surface area (Å²) < 4.78 is 3.47. The van der Waals surface area contributed by atoms with Crippen LogP contribution in [0.1, 0.15) is 10.5 Å². The predicted molar refractivity (Wildman–Crippen MR) is 33.1 cm³/mol. The first kappa shape index (κ1) is 5.92. The SMILES string of the molecule is C#CC(=O)c1csnn1. The number of ketones is 1. The van der Waals surface area contributed by atoms with Crippen LogP contribution in [0.2, 0.25) is 0 Å². The van der Waals surface area contributed by atoms with Gasteiger partial charge in [-0.05, 0) is 17.5 Å². The standard InChI is InChI=1S/C5H2N2OS/c1-2-5(8)4-3-9-7-6-4/h1,3H. The molecular weight excluding hydrogens is 136 g/mol. The van der Waals surface area contributed by atoms with Crippen molar-refractivity contribution in [2.75, 3.05) is 0 Å². The number of carbonyl (C=O) groups excluding carboxylic acids is 1. The van der Waals surface area contributed by atoms with E-state index in [4.69, 9.17) is 6.42 Å². The van der Waals surface area contributed by atoms with E-state index in [1.807, 2.05) is 5.92 Å². The number of terminal acetylenes is 1. The summed E-state index contributed by atoms with van der Waals surface area (Å²) in [6.07, 6.45) is 4.80. The summed E-state index contributed by atoms with van der Waals surface area (Å²) in [7, 11) is 0. The van der Waals surface area contributed by atoms with Gasteiger partial charge in [0.05, 0.1) is 0 Å². The maximum atomic E-state index is 10.5. The Balaban J connectivity index is 2.93. The van der Waals surface area contributed by atoms with Gasteiger partial charge in [0.25, 0.3) is 5.78 Å². The van der Waals surface area contributed by atoms with Crippen LogP contribution in [-0.4, -0.2) is 15.4 Å². The molecule has 0 radical (unpaired) electrons. The van der Waals surface area contributed by atoms with E-state index in [2.05, 4.69) is 9.59 Å². The molecule has 0 saturated carbocycles. The molecule has 44 valence electrons. The normalized spacial score (nSPS) is 8.33. The van der Waals surface area contributed by atoms with Crippen LogP contribution in [0.3, 0.4) is 0 Å². The highest BCUT2D eigenvalue weighted by molar-refractivity contribution is 7.03. The van der Waals surface area contributed by atoms with E-state index in [1.54, 1.807) is 0 Å².